The third-order valence-corrected chi connectivity index (χ3v) is 5.75. The molecule has 1 aliphatic heterocycles. The number of aliphatic hydroxyl groups is 1. The third kappa shape index (κ3) is 5.55. The highest BCUT2D eigenvalue weighted by atomic mass is 32.1. The number of aryl methyl sites for hydroxylation is 1. The SMILES string of the molecule is CC(=NC(=O)[C@@H]1C(=S)C[C@@H](O)CN1C(=O)CC(C)(C)C)c1ccc(-n2ccnc2C)cc1. The van der Waals surface area contributed by atoms with Gasteiger partial charge in [0.1, 0.15) is 11.9 Å². The molecule has 1 aromatic heterocycles. The molecule has 1 saturated heterocycles. The minimum absolute atomic E-state index is 0.0823. The molecule has 0 unspecified atom stereocenters. The number of likely N-dealkylation sites (tertiary alicyclic amines) is 1. The average molecular weight is 455 g/mol. The number of aliphatic hydroxyl groups excluding tert-OH is 1. The Bertz CT molecular complexity index is 1050. The Morgan fingerprint density at radius 2 is 1.91 bits per heavy atom. The summed E-state index contributed by atoms with van der Waals surface area (Å²) in [5, 5.41) is 10.1. The fraction of sp³-hybridized carbons (Fsp3) is 0.458. The van der Waals surface area contributed by atoms with Crippen LogP contribution in [0.2, 0.25) is 0 Å². The number of piperidine rings is 1. The van der Waals surface area contributed by atoms with Crippen LogP contribution >= 0.6 is 12.2 Å². The van der Waals surface area contributed by atoms with Crippen molar-refractivity contribution in [1.82, 2.24) is 14.5 Å². The zero-order chi connectivity index (χ0) is 23.6. The molecule has 170 valence electrons. The maximum atomic E-state index is 13.1. The van der Waals surface area contributed by atoms with Crippen molar-refractivity contribution in [1.29, 1.82) is 0 Å². The molecule has 1 fully saturated rings. The van der Waals surface area contributed by atoms with Crippen LogP contribution in [0.1, 0.15) is 51.9 Å². The van der Waals surface area contributed by atoms with Gasteiger partial charge >= 0.3 is 0 Å². The summed E-state index contributed by atoms with van der Waals surface area (Å²) in [6.45, 7) is 9.64. The number of nitrogens with zero attached hydrogens (tertiary/aromatic N) is 4. The van der Waals surface area contributed by atoms with Crippen molar-refractivity contribution in [2.75, 3.05) is 6.54 Å². The summed E-state index contributed by atoms with van der Waals surface area (Å²) in [5.74, 6) is 0.201. The smallest absolute Gasteiger partial charge is 0.273 e. The van der Waals surface area contributed by atoms with E-state index in [1.165, 1.54) is 4.90 Å². The number of rotatable bonds is 4. The molecule has 0 bridgehead atoms. The van der Waals surface area contributed by atoms with Gasteiger partial charge in [0, 0.05) is 48.0 Å². The summed E-state index contributed by atoms with van der Waals surface area (Å²) < 4.78 is 1.96. The van der Waals surface area contributed by atoms with Gasteiger partial charge in [0.25, 0.3) is 5.91 Å². The summed E-state index contributed by atoms with van der Waals surface area (Å²) >= 11 is 5.41. The van der Waals surface area contributed by atoms with E-state index in [1.807, 2.05) is 62.7 Å². The monoisotopic (exact) mass is 454 g/mol. The second-order valence-corrected chi connectivity index (χ2v) is 9.96. The fourth-order valence-corrected chi connectivity index (χ4v) is 4.21. The molecule has 0 radical (unpaired) electrons. The van der Waals surface area contributed by atoms with Gasteiger partial charge in [-0.2, -0.15) is 0 Å². The van der Waals surface area contributed by atoms with Crippen molar-refractivity contribution >= 4 is 34.6 Å². The molecule has 32 heavy (non-hydrogen) atoms. The Morgan fingerprint density at radius 3 is 2.47 bits per heavy atom. The lowest BCUT2D eigenvalue weighted by Crippen LogP contribution is -2.56. The van der Waals surface area contributed by atoms with Crippen LogP contribution in [0.4, 0.5) is 0 Å². The van der Waals surface area contributed by atoms with Gasteiger partial charge in [-0.15, -0.1) is 0 Å². The van der Waals surface area contributed by atoms with Crippen molar-refractivity contribution in [3.63, 3.8) is 0 Å². The van der Waals surface area contributed by atoms with E-state index in [2.05, 4.69) is 9.98 Å². The predicted octanol–water partition coefficient (Wildman–Crippen LogP) is 3.28. The number of imidazole rings is 1. The van der Waals surface area contributed by atoms with Gasteiger partial charge in [-0.05, 0) is 37.0 Å². The van der Waals surface area contributed by atoms with Gasteiger partial charge in [0.05, 0.1) is 6.10 Å². The summed E-state index contributed by atoms with van der Waals surface area (Å²) in [7, 11) is 0. The molecule has 2 aromatic rings. The van der Waals surface area contributed by atoms with E-state index in [-0.39, 0.29) is 30.7 Å². The Hall–Kier alpha value is -2.71. The van der Waals surface area contributed by atoms with Crippen LogP contribution in [-0.2, 0) is 9.59 Å². The highest BCUT2D eigenvalue weighted by Gasteiger charge is 2.39. The highest BCUT2D eigenvalue weighted by molar-refractivity contribution is 7.80. The van der Waals surface area contributed by atoms with Crippen molar-refractivity contribution < 1.29 is 14.7 Å². The number of hydrogen-bond donors (Lipinski definition) is 1. The first-order valence-electron chi connectivity index (χ1n) is 10.7. The number of carbonyl (C=O) groups excluding carboxylic acids is 2. The molecule has 1 aliphatic rings. The van der Waals surface area contributed by atoms with Crippen LogP contribution in [0.5, 0.6) is 0 Å². The Balaban J connectivity index is 1.82. The standard InChI is InChI=1S/C24H30N4O3S/c1-15(17-6-8-18(9-7-17)27-11-10-25-16(27)2)26-23(31)22-20(32)12-19(29)14-28(22)21(30)13-24(3,4)5/h6-11,19,22,29H,12-14H2,1-5H3/t19-,22+/m1/s1. The van der Waals surface area contributed by atoms with Crippen molar-refractivity contribution in [2.24, 2.45) is 10.4 Å². The van der Waals surface area contributed by atoms with Crippen molar-refractivity contribution in [3.05, 3.63) is 48.0 Å². The van der Waals surface area contributed by atoms with Gasteiger partial charge in [-0.25, -0.2) is 9.98 Å². The lowest BCUT2D eigenvalue weighted by molar-refractivity contribution is -0.140. The average Bonchev–Trinajstić information content (AvgIpc) is 3.11. The van der Waals surface area contributed by atoms with E-state index < -0.39 is 18.1 Å². The molecule has 3 rings (SSSR count). The first kappa shape index (κ1) is 23.9. The van der Waals surface area contributed by atoms with Crippen LogP contribution in [0, 0.1) is 12.3 Å². The van der Waals surface area contributed by atoms with Gasteiger partial charge < -0.3 is 14.6 Å². The number of β-amino-alcohol motifs (C(OH)–C–C–N with tert-alkyl or cyclic N) is 1. The molecule has 1 aromatic carbocycles. The Morgan fingerprint density at radius 1 is 1.25 bits per heavy atom. The lowest BCUT2D eigenvalue weighted by atomic mass is 9.90. The van der Waals surface area contributed by atoms with Gasteiger partial charge in [-0.1, -0.05) is 45.1 Å². The zero-order valence-electron chi connectivity index (χ0n) is 19.2. The number of carbonyl (C=O) groups is 2. The Kier molecular flexibility index (Phi) is 7.05. The van der Waals surface area contributed by atoms with E-state index in [0.29, 0.717) is 10.6 Å². The molecule has 8 heteroatoms. The van der Waals surface area contributed by atoms with Crippen LogP contribution in [-0.4, -0.2) is 60.6 Å². The number of hydrogen-bond acceptors (Lipinski definition) is 5. The number of thiocarbonyl (C=S) groups is 1. The maximum Gasteiger partial charge on any atom is 0.273 e. The van der Waals surface area contributed by atoms with E-state index >= 15 is 0 Å². The molecule has 0 saturated carbocycles. The molecular weight excluding hydrogens is 424 g/mol. The maximum absolute atomic E-state index is 13.1. The molecule has 1 N–H and O–H groups in total. The summed E-state index contributed by atoms with van der Waals surface area (Å²) in [6.07, 6.45) is 3.32. The molecular formula is C24H30N4O3S. The van der Waals surface area contributed by atoms with E-state index in [9.17, 15) is 14.7 Å². The van der Waals surface area contributed by atoms with Crippen LogP contribution < -0.4 is 0 Å². The van der Waals surface area contributed by atoms with E-state index in [1.54, 1.807) is 13.1 Å². The second kappa shape index (κ2) is 9.42. The number of aliphatic imine (C=N–C) groups is 1. The van der Waals surface area contributed by atoms with Crippen molar-refractivity contribution in [2.45, 2.75) is 59.6 Å². The largest absolute Gasteiger partial charge is 0.391 e. The molecule has 2 atom stereocenters. The summed E-state index contributed by atoms with van der Waals surface area (Å²) in [6, 6.07) is 6.74. The van der Waals surface area contributed by atoms with Crippen LogP contribution in [0.25, 0.3) is 5.69 Å². The molecule has 2 amide bonds. The van der Waals surface area contributed by atoms with Gasteiger partial charge in [-0.3, -0.25) is 9.59 Å². The normalized spacial score (nSPS) is 19.9. The van der Waals surface area contributed by atoms with Crippen LogP contribution in [0.3, 0.4) is 0 Å². The number of aromatic nitrogens is 2. The van der Waals surface area contributed by atoms with Crippen molar-refractivity contribution in [3.8, 4) is 5.69 Å². The molecule has 0 aliphatic carbocycles. The van der Waals surface area contributed by atoms with Gasteiger partial charge in [0.15, 0.2) is 0 Å². The minimum Gasteiger partial charge on any atom is -0.391 e. The Labute approximate surface area is 194 Å². The summed E-state index contributed by atoms with van der Waals surface area (Å²) in [4.78, 5) is 36.3. The topological polar surface area (TPSA) is 87.8 Å². The quantitative estimate of drug-likeness (QED) is 0.566. The van der Waals surface area contributed by atoms with Gasteiger partial charge in [0.2, 0.25) is 5.91 Å². The fourth-order valence-electron chi connectivity index (χ4n) is 3.79. The predicted molar refractivity (Wildman–Crippen MR) is 128 cm³/mol. The summed E-state index contributed by atoms with van der Waals surface area (Å²) in [5.41, 5.74) is 2.06. The number of benzene rings is 1. The lowest BCUT2D eigenvalue weighted by Gasteiger charge is -2.38. The first-order chi connectivity index (χ1) is 15.0. The highest BCUT2D eigenvalue weighted by Crippen LogP contribution is 2.25. The molecule has 2 heterocycles. The second-order valence-electron chi connectivity index (χ2n) is 9.44. The first-order valence-corrected chi connectivity index (χ1v) is 11.1. The molecule has 0 spiro atoms. The zero-order valence-corrected chi connectivity index (χ0v) is 20.0. The minimum atomic E-state index is -0.925. The van der Waals surface area contributed by atoms with E-state index in [4.69, 9.17) is 12.2 Å². The number of amides is 2. The molecule has 7 nitrogen and oxygen atoms in total. The van der Waals surface area contributed by atoms with E-state index in [0.717, 1.165) is 17.1 Å². The third-order valence-electron chi connectivity index (χ3n) is 5.36. The van der Waals surface area contributed by atoms with Crippen LogP contribution in [0.15, 0.2) is 41.7 Å².